The average molecular weight is 184 g/mol. The number of ether oxygens (including phenoxy) is 1. The lowest BCUT2D eigenvalue weighted by atomic mass is 10.4. The first-order valence-electron chi connectivity index (χ1n) is 5.21. The average Bonchev–Trinajstić information content (AvgIpc) is 2.47. The fourth-order valence-corrected chi connectivity index (χ4v) is 1.82. The van der Waals surface area contributed by atoms with Crippen LogP contribution in [0.2, 0.25) is 0 Å². The van der Waals surface area contributed by atoms with E-state index in [0.717, 1.165) is 13.2 Å². The molecule has 0 spiro atoms. The lowest BCUT2D eigenvalue weighted by molar-refractivity contribution is -0.897. The van der Waals surface area contributed by atoms with E-state index in [-0.39, 0.29) is 0 Å². The molecule has 0 bridgehead atoms. The molecule has 2 nitrogen and oxygen atoms in total. The molecule has 2 heteroatoms. The van der Waals surface area contributed by atoms with Crippen LogP contribution in [-0.2, 0) is 4.74 Å². The van der Waals surface area contributed by atoms with Crippen LogP contribution in [0.3, 0.4) is 0 Å². The molecule has 0 radical (unpaired) electrons. The van der Waals surface area contributed by atoms with Gasteiger partial charge in [0.25, 0.3) is 0 Å². The number of allylic oxidation sites excluding steroid dienone is 1. The van der Waals surface area contributed by atoms with Crippen molar-refractivity contribution in [3.63, 3.8) is 0 Å². The SMILES string of the molecule is CC(C)=COCC[N+]1(C)CCCC1. The molecule has 0 aromatic carbocycles. The Morgan fingerprint density at radius 3 is 2.46 bits per heavy atom. The van der Waals surface area contributed by atoms with Gasteiger partial charge in [0.15, 0.2) is 0 Å². The minimum Gasteiger partial charge on any atom is -0.495 e. The van der Waals surface area contributed by atoms with Crippen molar-refractivity contribution in [1.82, 2.24) is 0 Å². The molecule has 0 aromatic heterocycles. The Kier molecular flexibility index (Phi) is 3.79. The van der Waals surface area contributed by atoms with Gasteiger partial charge in [-0.15, -0.1) is 0 Å². The Morgan fingerprint density at radius 2 is 1.92 bits per heavy atom. The summed E-state index contributed by atoms with van der Waals surface area (Å²) in [6.45, 7) is 8.81. The first-order chi connectivity index (χ1) is 6.12. The highest BCUT2D eigenvalue weighted by molar-refractivity contribution is 4.86. The minimum absolute atomic E-state index is 0.863. The highest BCUT2D eigenvalue weighted by atomic mass is 16.5. The largest absolute Gasteiger partial charge is 0.495 e. The van der Waals surface area contributed by atoms with Gasteiger partial charge in [-0.25, -0.2) is 0 Å². The summed E-state index contributed by atoms with van der Waals surface area (Å²) in [5, 5.41) is 0. The van der Waals surface area contributed by atoms with Gasteiger partial charge >= 0.3 is 0 Å². The quantitative estimate of drug-likeness (QED) is 0.369. The summed E-state index contributed by atoms with van der Waals surface area (Å²) < 4.78 is 6.65. The van der Waals surface area contributed by atoms with E-state index in [4.69, 9.17) is 4.74 Å². The number of likely N-dealkylation sites (N-methyl/N-ethyl adjacent to an activating group) is 1. The van der Waals surface area contributed by atoms with Gasteiger partial charge in [0.1, 0.15) is 13.2 Å². The van der Waals surface area contributed by atoms with Gasteiger partial charge in [-0.05, 0) is 19.4 Å². The predicted octanol–water partition coefficient (Wildman–Crippen LogP) is 2.17. The zero-order chi connectivity index (χ0) is 9.73. The van der Waals surface area contributed by atoms with Gasteiger partial charge in [-0.3, -0.25) is 0 Å². The maximum Gasteiger partial charge on any atom is 0.136 e. The molecule has 0 aromatic rings. The van der Waals surface area contributed by atoms with E-state index in [1.54, 1.807) is 0 Å². The number of hydrogen-bond acceptors (Lipinski definition) is 1. The van der Waals surface area contributed by atoms with Gasteiger partial charge in [0.2, 0.25) is 0 Å². The van der Waals surface area contributed by atoms with Crippen LogP contribution in [0.5, 0.6) is 0 Å². The molecule has 0 saturated carbocycles. The summed E-state index contributed by atoms with van der Waals surface area (Å²) in [6, 6.07) is 0. The molecule has 1 fully saturated rings. The van der Waals surface area contributed by atoms with Crippen molar-refractivity contribution in [2.45, 2.75) is 26.7 Å². The monoisotopic (exact) mass is 184 g/mol. The van der Waals surface area contributed by atoms with E-state index in [1.165, 1.54) is 36.0 Å². The van der Waals surface area contributed by atoms with E-state index in [9.17, 15) is 0 Å². The summed E-state index contributed by atoms with van der Waals surface area (Å²) in [6.07, 6.45) is 4.64. The molecule has 1 aliphatic heterocycles. The van der Waals surface area contributed by atoms with Crippen LogP contribution < -0.4 is 0 Å². The molecule has 0 aliphatic carbocycles. The summed E-state index contributed by atoms with van der Waals surface area (Å²) in [5.74, 6) is 0. The third-order valence-electron chi connectivity index (χ3n) is 2.71. The number of quaternary nitrogens is 1. The molecule has 0 N–H and O–H groups in total. The Morgan fingerprint density at radius 1 is 1.31 bits per heavy atom. The van der Waals surface area contributed by atoms with Crippen molar-refractivity contribution in [3.05, 3.63) is 11.8 Å². The molecule has 1 aliphatic rings. The molecular formula is C11H22NO+. The third-order valence-corrected chi connectivity index (χ3v) is 2.71. The van der Waals surface area contributed by atoms with E-state index in [2.05, 4.69) is 20.9 Å². The molecule has 1 rings (SSSR count). The van der Waals surface area contributed by atoms with Crippen LogP contribution >= 0.6 is 0 Å². The molecule has 0 amide bonds. The highest BCUT2D eigenvalue weighted by Crippen LogP contribution is 2.15. The second kappa shape index (κ2) is 4.66. The van der Waals surface area contributed by atoms with Crippen molar-refractivity contribution in [2.24, 2.45) is 0 Å². The van der Waals surface area contributed by atoms with E-state index in [1.807, 2.05) is 6.26 Å². The normalized spacial score (nSPS) is 19.9. The van der Waals surface area contributed by atoms with Gasteiger partial charge in [-0.2, -0.15) is 0 Å². The molecular weight excluding hydrogens is 162 g/mol. The van der Waals surface area contributed by atoms with Gasteiger partial charge in [-0.1, -0.05) is 0 Å². The van der Waals surface area contributed by atoms with Gasteiger partial charge in [0.05, 0.1) is 26.4 Å². The minimum atomic E-state index is 0.863. The topological polar surface area (TPSA) is 9.23 Å². The molecule has 1 saturated heterocycles. The number of rotatable bonds is 4. The van der Waals surface area contributed by atoms with Crippen molar-refractivity contribution in [3.8, 4) is 0 Å². The second-order valence-corrected chi connectivity index (χ2v) is 4.56. The summed E-state index contributed by atoms with van der Waals surface area (Å²) in [4.78, 5) is 0. The van der Waals surface area contributed by atoms with Crippen molar-refractivity contribution in [1.29, 1.82) is 0 Å². The van der Waals surface area contributed by atoms with Crippen LogP contribution in [0.4, 0.5) is 0 Å². The second-order valence-electron chi connectivity index (χ2n) is 4.56. The Labute approximate surface area is 81.8 Å². The molecule has 0 atom stereocenters. The first-order valence-corrected chi connectivity index (χ1v) is 5.21. The highest BCUT2D eigenvalue weighted by Gasteiger charge is 2.25. The van der Waals surface area contributed by atoms with E-state index in [0.29, 0.717) is 0 Å². The molecule has 1 heterocycles. The maximum absolute atomic E-state index is 5.44. The fourth-order valence-electron chi connectivity index (χ4n) is 1.82. The van der Waals surface area contributed by atoms with Gasteiger partial charge < -0.3 is 9.22 Å². The Bertz CT molecular complexity index is 177. The van der Waals surface area contributed by atoms with E-state index < -0.39 is 0 Å². The lowest BCUT2D eigenvalue weighted by Gasteiger charge is -2.28. The van der Waals surface area contributed by atoms with Crippen molar-refractivity contribution < 1.29 is 9.22 Å². The van der Waals surface area contributed by atoms with Crippen LogP contribution in [0.1, 0.15) is 26.7 Å². The third kappa shape index (κ3) is 3.81. The summed E-state index contributed by atoms with van der Waals surface area (Å²) in [7, 11) is 2.33. The lowest BCUT2D eigenvalue weighted by Crippen LogP contribution is -2.43. The van der Waals surface area contributed by atoms with E-state index >= 15 is 0 Å². The number of hydrogen-bond donors (Lipinski definition) is 0. The Hall–Kier alpha value is -0.500. The fraction of sp³-hybridized carbons (Fsp3) is 0.818. The number of nitrogens with zero attached hydrogens (tertiary/aromatic N) is 1. The van der Waals surface area contributed by atoms with Crippen molar-refractivity contribution >= 4 is 0 Å². The van der Waals surface area contributed by atoms with Crippen LogP contribution in [0, 0.1) is 0 Å². The van der Waals surface area contributed by atoms with Gasteiger partial charge in [0, 0.05) is 12.8 Å². The first kappa shape index (κ1) is 10.6. The predicted molar refractivity (Wildman–Crippen MR) is 55.4 cm³/mol. The van der Waals surface area contributed by atoms with Crippen LogP contribution in [0.25, 0.3) is 0 Å². The summed E-state index contributed by atoms with van der Waals surface area (Å²) >= 11 is 0. The number of likely N-dealkylation sites (tertiary alicyclic amines) is 1. The molecule has 76 valence electrons. The zero-order valence-electron chi connectivity index (χ0n) is 9.18. The molecule has 13 heavy (non-hydrogen) atoms. The van der Waals surface area contributed by atoms with Crippen LogP contribution in [0.15, 0.2) is 11.8 Å². The zero-order valence-corrected chi connectivity index (χ0v) is 9.18. The smallest absolute Gasteiger partial charge is 0.136 e. The van der Waals surface area contributed by atoms with Crippen molar-refractivity contribution in [2.75, 3.05) is 33.3 Å². The van der Waals surface area contributed by atoms with Crippen LogP contribution in [-0.4, -0.2) is 37.8 Å². The summed E-state index contributed by atoms with van der Waals surface area (Å²) in [5.41, 5.74) is 1.24. The standard InChI is InChI=1S/C11H22NO/c1-11(2)10-13-9-8-12(3)6-4-5-7-12/h10H,4-9H2,1-3H3/q+1. The molecule has 0 unspecified atom stereocenters. The maximum atomic E-state index is 5.44. The Balaban J connectivity index is 2.15.